The van der Waals surface area contributed by atoms with Gasteiger partial charge in [-0.3, -0.25) is 14.5 Å². The van der Waals surface area contributed by atoms with Crippen LogP contribution in [0.1, 0.15) is 18.4 Å². The Morgan fingerprint density at radius 3 is 2.83 bits per heavy atom. The predicted molar refractivity (Wildman–Crippen MR) is 91.5 cm³/mol. The van der Waals surface area contributed by atoms with Crippen molar-refractivity contribution in [3.63, 3.8) is 0 Å². The molecule has 1 heterocycles. The summed E-state index contributed by atoms with van der Waals surface area (Å²) in [6, 6.07) is 5.33. The van der Waals surface area contributed by atoms with Gasteiger partial charge in [-0.05, 0) is 43.5 Å². The molecule has 3 N–H and O–H groups in total. The van der Waals surface area contributed by atoms with E-state index < -0.39 is 0 Å². The minimum atomic E-state index is -0.285. The highest BCUT2D eigenvalue weighted by Crippen LogP contribution is 2.21. The lowest BCUT2D eigenvalue weighted by molar-refractivity contribution is -0.126. The Balaban J connectivity index is 1.73. The van der Waals surface area contributed by atoms with Crippen molar-refractivity contribution in [2.24, 2.45) is 11.7 Å². The quantitative estimate of drug-likeness (QED) is 0.815. The van der Waals surface area contributed by atoms with Crippen LogP contribution < -0.4 is 11.1 Å². The van der Waals surface area contributed by atoms with E-state index in [0.29, 0.717) is 29.6 Å². The van der Waals surface area contributed by atoms with E-state index in [1.54, 1.807) is 12.1 Å². The maximum absolute atomic E-state index is 12.0. The van der Waals surface area contributed by atoms with E-state index in [4.69, 9.17) is 28.9 Å². The van der Waals surface area contributed by atoms with E-state index in [2.05, 4.69) is 5.32 Å². The van der Waals surface area contributed by atoms with Crippen LogP contribution in [0.5, 0.6) is 0 Å². The Morgan fingerprint density at radius 1 is 1.35 bits per heavy atom. The number of likely N-dealkylation sites (tertiary alicyclic amines) is 1. The lowest BCUT2D eigenvalue weighted by atomic mass is 9.97. The number of amides is 2. The highest BCUT2D eigenvalue weighted by atomic mass is 35.5. The van der Waals surface area contributed by atoms with E-state index >= 15 is 0 Å². The maximum atomic E-state index is 12.0. The van der Waals surface area contributed by atoms with Crippen molar-refractivity contribution in [2.45, 2.75) is 19.3 Å². The van der Waals surface area contributed by atoms with E-state index in [9.17, 15) is 9.59 Å². The number of carbonyl (C=O) groups is 2. The second-order valence-corrected chi connectivity index (χ2v) is 6.66. The van der Waals surface area contributed by atoms with Crippen molar-refractivity contribution in [3.05, 3.63) is 33.8 Å². The van der Waals surface area contributed by atoms with Gasteiger partial charge in [0.25, 0.3) is 0 Å². The zero-order valence-electron chi connectivity index (χ0n) is 12.9. The lowest BCUT2D eigenvalue weighted by Crippen LogP contribution is -2.45. The number of rotatable bonds is 6. The van der Waals surface area contributed by atoms with Gasteiger partial charge in [-0.15, -0.1) is 0 Å². The molecule has 0 spiro atoms. The van der Waals surface area contributed by atoms with Crippen molar-refractivity contribution in [2.75, 3.05) is 26.2 Å². The molecule has 2 amide bonds. The monoisotopic (exact) mass is 357 g/mol. The number of nitrogens with zero attached hydrogens (tertiary/aromatic N) is 1. The third kappa shape index (κ3) is 5.68. The molecule has 0 radical (unpaired) electrons. The number of benzene rings is 1. The average molecular weight is 358 g/mol. The number of hydrogen-bond acceptors (Lipinski definition) is 3. The predicted octanol–water partition coefficient (Wildman–Crippen LogP) is 1.85. The standard InChI is InChI=1S/C16H21Cl2N3O2/c17-13-4-3-11(14(18)8-13)5-6-20-15(22)10-21-7-1-2-12(9-21)16(19)23/h3-4,8,12H,1-2,5-7,9-10H2,(H2,19,23)(H,20,22)/t12-/m1/s1. The van der Waals surface area contributed by atoms with Crippen LogP contribution in [0.2, 0.25) is 10.0 Å². The Bertz CT molecular complexity index is 580. The number of piperidine rings is 1. The van der Waals surface area contributed by atoms with Gasteiger partial charge >= 0.3 is 0 Å². The summed E-state index contributed by atoms with van der Waals surface area (Å²) in [6.45, 7) is 2.18. The third-order valence-corrected chi connectivity index (χ3v) is 4.59. The number of nitrogens with two attached hydrogens (primary N) is 1. The molecule has 1 aliphatic rings. The van der Waals surface area contributed by atoms with E-state index in [1.165, 1.54) is 0 Å². The van der Waals surface area contributed by atoms with Crippen LogP contribution in [0.25, 0.3) is 0 Å². The van der Waals surface area contributed by atoms with Crippen LogP contribution in [-0.2, 0) is 16.0 Å². The zero-order chi connectivity index (χ0) is 16.8. The molecule has 126 valence electrons. The molecular weight excluding hydrogens is 337 g/mol. The molecule has 0 unspecified atom stereocenters. The zero-order valence-corrected chi connectivity index (χ0v) is 14.4. The molecule has 1 aromatic rings. The molecule has 0 saturated carbocycles. The molecule has 0 aliphatic carbocycles. The van der Waals surface area contributed by atoms with E-state index in [-0.39, 0.29) is 24.3 Å². The highest BCUT2D eigenvalue weighted by Gasteiger charge is 2.24. The summed E-state index contributed by atoms with van der Waals surface area (Å²) in [5.74, 6) is -0.489. The van der Waals surface area contributed by atoms with Crippen LogP contribution in [0, 0.1) is 5.92 Å². The van der Waals surface area contributed by atoms with Crippen molar-refractivity contribution in [1.29, 1.82) is 0 Å². The molecule has 1 atom stereocenters. The summed E-state index contributed by atoms with van der Waals surface area (Å²) in [4.78, 5) is 25.2. The normalized spacial score (nSPS) is 18.6. The van der Waals surface area contributed by atoms with Crippen LogP contribution >= 0.6 is 23.2 Å². The van der Waals surface area contributed by atoms with Gasteiger partial charge in [-0.25, -0.2) is 0 Å². The van der Waals surface area contributed by atoms with Gasteiger partial charge in [0.1, 0.15) is 0 Å². The first-order valence-electron chi connectivity index (χ1n) is 7.68. The number of primary amides is 1. The van der Waals surface area contributed by atoms with Gasteiger partial charge in [0.2, 0.25) is 11.8 Å². The first kappa shape index (κ1) is 18.0. The Kier molecular flexibility index (Phi) is 6.69. The molecule has 7 heteroatoms. The second-order valence-electron chi connectivity index (χ2n) is 5.81. The van der Waals surface area contributed by atoms with Crippen molar-refractivity contribution >= 4 is 35.0 Å². The SMILES string of the molecule is NC(=O)[C@@H]1CCCN(CC(=O)NCCc2ccc(Cl)cc2Cl)C1. The summed E-state index contributed by atoms with van der Waals surface area (Å²) < 4.78 is 0. The summed E-state index contributed by atoms with van der Waals surface area (Å²) in [7, 11) is 0. The molecule has 2 rings (SSSR count). The second kappa shape index (κ2) is 8.52. The number of halogens is 2. The van der Waals surface area contributed by atoms with Gasteiger partial charge < -0.3 is 11.1 Å². The third-order valence-electron chi connectivity index (χ3n) is 4.01. The fraction of sp³-hybridized carbons (Fsp3) is 0.500. The molecule has 0 aromatic heterocycles. The topological polar surface area (TPSA) is 75.4 Å². The minimum absolute atomic E-state index is 0.0554. The maximum Gasteiger partial charge on any atom is 0.234 e. The molecule has 1 aromatic carbocycles. The molecule has 1 saturated heterocycles. The first-order chi connectivity index (χ1) is 11.0. The summed E-state index contributed by atoms with van der Waals surface area (Å²) in [6.07, 6.45) is 2.34. The summed E-state index contributed by atoms with van der Waals surface area (Å²) in [5, 5.41) is 4.07. The Hall–Kier alpha value is -1.30. The number of nitrogens with one attached hydrogen (secondary N) is 1. The lowest BCUT2D eigenvalue weighted by Gasteiger charge is -2.30. The average Bonchev–Trinajstić information content (AvgIpc) is 2.49. The van der Waals surface area contributed by atoms with Crippen molar-refractivity contribution in [3.8, 4) is 0 Å². The van der Waals surface area contributed by atoms with Crippen molar-refractivity contribution < 1.29 is 9.59 Å². The molecule has 23 heavy (non-hydrogen) atoms. The molecule has 1 aliphatic heterocycles. The fourth-order valence-electron chi connectivity index (χ4n) is 2.75. The van der Waals surface area contributed by atoms with Crippen LogP contribution in [0.3, 0.4) is 0 Å². The minimum Gasteiger partial charge on any atom is -0.369 e. The number of carbonyl (C=O) groups excluding carboxylic acids is 2. The Morgan fingerprint density at radius 2 is 2.13 bits per heavy atom. The summed E-state index contributed by atoms with van der Waals surface area (Å²) in [5.41, 5.74) is 6.29. The van der Waals surface area contributed by atoms with Crippen LogP contribution in [0.15, 0.2) is 18.2 Å². The molecular formula is C16H21Cl2N3O2. The van der Waals surface area contributed by atoms with Gasteiger partial charge in [0.15, 0.2) is 0 Å². The fourth-order valence-corrected chi connectivity index (χ4v) is 3.25. The molecule has 5 nitrogen and oxygen atoms in total. The number of hydrogen-bond donors (Lipinski definition) is 2. The van der Waals surface area contributed by atoms with Crippen molar-refractivity contribution in [1.82, 2.24) is 10.2 Å². The largest absolute Gasteiger partial charge is 0.369 e. The smallest absolute Gasteiger partial charge is 0.234 e. The van der Waals surface area contributed by atoms with Gasteiger partial charge in [0, 0.05) is 23.1 Å². The molecule has 0 bridgehead atoms. The van der Waals surface area contributed by atoms with Crippen LogP contribution in [-0.4, -0.2) is 42.9 Å². The van der Waals surface area contributed by atoms with E-state index in [1.807, 2.05) is 11.0 Å². The van der Waals surface area contributed by atoms with Gasteiger partial charge in [-0.2, -0.15) is 0 Å². The highest BCUT2D eigenvalue weighted by molar-refractivity contribution is 6.35. The molecule has 1 fully saturated rings. The van der Waals surface area contributed by atoms with Crippen LogP contribution in [0.4, 0.5) is 0 Å². The first-order valence-corrected chi connectivity index (χ1v) is 8.43. The Labute approximate surface area is 146 Å². The van der Waals surface area contributed by atoms with Gasteiger partial charge in [0.05, 0.1) is 12.5 Å². The van der Waals surface area contributed by atoms with E-state index in [0.717, 1.165) is 24.9 Å². The summed E-state index contributed by atoms with van der Waals surface area (Å²) >= 11 is 11.9. The van der Waals surface area contributed by atoms with Gasteiger partial charge in [-0.1, -0.05) is 29.3 Å².